The molecule has 2 amide bonds. The van der Waals surface area contributed by atoms with Gasteiger partial charge < -0.3 is 15.0 Å². The number of anilines is 1. The number of aromatic nitrogens is 3. The number of rotatable bonds is 6. The van der Waals surface area contributed by atoms with Gasteiger partial charge in [-0.1, -0.05) is 11.6 Å². The van der Waals surface area contributed by atoms with E-state index in [2.05, 4.69) is 30.6 Å². The molecule has 2 aliphatic rings. The average molecular weight is 514 g/mol. The molecular weight excluding hydrogens is 490 g/mol. The molecule has 0 atom stereocenters. The number of amides is 2. The van der Waals surface area contributed by atoms with Gasteiger partial charge in [0, 0.05) is 50.6 Å². The summed E-state index contributed by atoms with van der Waals surface area (Å²) >= 11 is 7.87. The van der Waals surface area contributed by atoms with Gasteiger partial charge in [0.15, 0.2) is 0 Å². The number of pyridine rings is 3. The Morgan fingerprint density at radius 3 is 2.83 bits per heavy atom. The second-order valence-electron chi connectivity index (χ2n) is 8.21. The quantitative estimate of drug-likeness (QED) is 0.512. The van der Waals surface area contributed by atoms with E-state index in [0.29, 0.717) is 35.6 Å². The number of methoxy groups -OCH3 is 1. The number of nitrogens with zero attached hydrogens (tertiary/aromatic N) is 5. The molecule has 3 aromatic heterocycles. The van der Waals surface area contributed by atoms with Gasteiger partial charge in [0.1, 0.15) is 11.5 Å². The molecule has 1 saturated heterocycles. The lowest BCUT2D eigenvalue weighted by molar-refractivity contribution is -0.113. The highest BCUT2D eigenvalue weighted by molar-refractivity contribution is 8.00. The minimum Gasteiger partial charge on any atom is -0.481 e. The first-order chi connectivity index (χ1) is 17.0. The zero-order valence-electron chi connectivity index (χ0n) is 19.1. The van der Waals surface area contributed by atoms with Gasteiger partial charge in [0.2, 0.25) is 11.8 Å². The van der Waals surface area contributed by atoms with Crippen molar-refractivity contribution in [3.05, 3.63) is 46.7 Å². The van der Waals surface area contributed by atoms with Gasteiger partial charge in [-0.25, -0.2) is 15.0 Å². The number of hydrogen-bond acceptors (Lipinski definition) is 9. The Hall–Kier alpha value is -2.99. The van der Waals surface area contributed by atoms with Crippen LogP contribution in [-0.2, 0) is 11.2 Å². The Morgan fingerprint density at radius 1 is 1.20 bits per heavy atom. The summed E-state index contributed by atoms with van der Waals surface area (Å²) in [4.78, 5) is 40.7. The number of hydrogen-bond donors (Lipinski definition) is 2. The molecule has 2 aliphatic heterocycles. The topological polar surface area (TPSA) is 113 Å². The summed E-state index contributed by atoms with van der Waals surface area (Å²) in [6.45, 7) is 3.76. The minimum atomic E-state index is -0.291. The van der Waals surface area contributed by atoms with Crippen LogP contribution in [0.15, 0.2) is 35.4 Å². The van der Waals surface area contributed by atoms with Crippen LogP contribution in [0, 0.1) is 0 Å². The molecule has 182 valence electrons. The van der Waals surface area contributed by atoms with E-state index >= 15 is 0 Å². The van der Waals surface area contributed by atoms with Crippen molar-refractivity contribution < 1.29 is 14.3 Å². The Balaban J connectivity index is 1.16. The van der Waals surface area contributed by atoms with Crippen LogP contribution in [0.5, 0.6) is 5.88 Å². The molecule has 3 aromatic rings. The van der Waals surface area contributed by atoms with Gasteiger partial charge in [-0.05, 0) is 24.6 Å². The molecule has 12 heteroatoms. The fourth-order valence-corrected chi connectivity index (χ4v) is 5.06. The van der Waals surface area contributed by atoms with Crippen molar-refractivity contribution >= 4 is 52.0 Å². The Bertz CT molecular complexity index is 1280. The van der Waals surface area contributed by atoms with Crippen LogP contribution in [0.4, 0.5) is 5.82 Å². The number of nitrogens with one attached hydrogen (secondary N) is 2. The molecule has 0 unspecified atom stereocenters. The largest absolute Gasteiger partial charge is 0.481 e. The second-order valence-corrected chi connectivity index (χ2v) is 9.63. The summed E-state index contributed by atoms with van der Waals surface area (Å²) in [5, 5.41) is 5.21. The Labute approximate surface area is 211 Å². The van der Waals surface area contributed by atoms with Gasteiger partial charge in [0.25, 0.3) is 5.91 Å². The van der Waals surface area contributed by atoms with Crippen LogP contribution in [0.3, 0.4) is 0 Å². The van der Waals surface area contributed by atoms with Crippen molar-refractivity contribution in [2.24, 2.45) is 0 Å². The van der Waals surface area contributed by atoms with Crippen LogP contribution in [0.2, 0.25) is 5.02 Å². The summed E-state index contributed by atoms with van der Waals surface area (Å²) in [5.74, 6) is 0.930. The van der Waals surface area contributed by atoms with E-state index in [1.54, 1.807) is 25.4 Å². The summed E-state index contributed by atoms with van der Waals surface area (Å²) < 4.78 is 5.26. The molecule has 0 aliphatic carbocycles. The number of hydrazine groups is 1. The lowest BCUT2D eigenvalue weighted by atomic mass is 10.1. The Kier molecular flexibility index (Phi) is 7.00. The standard InChI is InChI=1S/C23H24ClN7O3S/c1-34-20-5-3-16-21(28-20)14(15(24)12-25-16)6-7-30-8-10-31(11-9-30)29-23(33)17-2-4-18-22(26-17)27-19(32)13-35-18/h2-5,12H,6-11,13H2,1H3,(H,29,33)(H,26,27,32). The molecule has 0 bridgehead atoms. The third-order valence-corrected chi connectivity index (χ3v) is 7.34. The zero-order valence-corrected chi connectivity index (χ0v) is 20.7. The summed E-state index contributed by atoms with van der Waals surface area (Å²) in [6.07, 6.45) is 2.40. The van der Waals surface area contributed by atoms with Crippen molar-refractivity contribution in [3.63, 3.8) is 0 Å². The van der Waals surface area contributed by atoms with Crippen LogP contribution < -0.4 is 15.5 Å². The van der Waals surface area contributed by atoms with Gasteiger partial charge >= 0.3 is 0 Å². The molecule has 0 spiro atoms. The summed E-state index contributed by atoms with van der Waals surface area (Å²) in [6, 6.07) is 7.17. The third kappa shape index (κ3) is 5.32. The molecule has 1 fully saturated rings. The molecule has 0 radical (unpaired) electrons. The van der Waals surface area contributed by atoms with E-state index in [1.165, 1.54) is 11.8 Å². The van der Waals surface area contributed by atoms with Gasteiger partial charge in [-0.2, -0.15) is 0 Å². The van der Waals surface area contributed by atoms with E-state index in [9.17, 15) is 9.59 Å². The predicted molar refractivity (Wildman–Crippen MR) is 134 cm³/mol. The SMILES string of the molecule is COc1ccc2ncc(Cl)c(CCN3CCN(NC(=O)c4ccc5c(n4)NC(=O)CS5)CC3)c2n1. The van der Waals surface area contributed by atoms with Gasteiger partial charge in [-0.3, -0.25) is 20.0 Å². The fraction of sp³-hybridized carbons (Fsp3) is 0.348. The number of piperazine rings is 1. The number of fused-ring (bicyclic) bond motifs is 2. The molecule has 5 rings (SSSR count). The normalized spacial score (nSPS) is 16.6. The average Bonchev–Trinajstić information content (AvgIpc) is 2.88. The van der Waals surface area contributed by atoms with Crippen molar-refractivity contribution in [2.75, 3.05) is 50.9 Å². The first kappa shape index (κ1) is 23.7. The maximum Gasteiger partial charge on any atom is 0.284 e. The van der Waals surface area contributed by atoms with Crippen molar-refractivity contribution in [2.45, 2.75) is 11.3 Å². The maximum absolute atomic E-state index is 12.7. The molecule has 0 saturated carbocycles. The highest BCUT2D eigenvalue weighted by Crippen LogP contribution is 2.29. The number of carbonyl (C=O) groups is 2. The third-order valence-electron chi connectivity index (χ3n) is 5.97. The Morgan fingerprint density at radius 2 is 2.03 bits per heavy atom. The van der Waals surface area contributed by atoms with Crippen molar-refractivity contribution in [1.29, 1.82) is 0 Å². The molecule has 2 N–H and O–H groups in total. The van der Waals surface area contributed by atoms with Crippen LogP contribution >= 0.6 is 23.4 Å². The van der Waals surface area contributed by atoms with E-state index in [0.717, 1.165) is 47.5 Å². The first-order valence-electron chi connectivity index (χ1n) is 11.2. The van der Waals surface area contributed by atoms with Crippen LogP contribution in [0.1, 0.15) is 16.1 Å². The van der Waals surface area contributed by atoms with Crippen LogP contribution in [0.25, 0.3) is 11.0 Å². The number of thioether (sulfide) groups is 1. The maximum atomic E-state index is 12.7. The highest BCUT2D eigenvalue weighted by atomic mass is 35.5. The smallest absolute Gasteiger partial charge is 0.284 e. The van der Waals surface area contributed by atoms with E-state index in [1.807, 2.05) is 17.1 Å². The van der Waals surface area contributed by atoms with Crippen molar-refractivity contribution in [3.8, 4) is 5.88 Å². The molecule has 10 nitrogen and oxygen atoms in total. The zero-order chi connectivity index (χ0) is 24.4. The number of halogens is 1. The number of ether oxygens (including phenoxy) is 1. The van der Waals surface area contributed by atoms with Crippen molar-refractivity contribution in [1.82, 2.24) is 30.3 Å². The minimum absolute atomic E-state index is 0.111. The van der Waals surface area contributed by atoms with Crippen LogP contribution in [-0.4, -0.2) is 82.3 Å². The highest BCUT2D eigenvalue weighted by Gasteiger charge is 2.22. The second kappa shape index (κ2) is 10.3. The summed E-state index contributed by atoms with van der Waals surface area (Å²) in [7, 11) is 1.59. The lowest BCUT2D eigenvalue weighted by Crippen LogP contribution is -2.53. The lowest BCUT2D eigenvalue weighted by Gasteiger charge is -2.34. The van der Waals surface area contributed by atoms with E-state index < -0.39 is 0 Å². The summed E-state index contributed by atoms with van der Waals surface area (Å²) in [5.41, 5.74) is 5.70. The molecule has 35 heavy (non-hydrogen) atoms. The van der Waals surface area contributed by atoms with Gasteiger partial charge in [-0.15, -0.1) is 11.8 Å². The van der Waals surface area contributed by atoms with E-state index in [-0.39, 0.29) is 17.5 Å². The van der Waals surface area contributed by atoms with Gasteiger partial charge in [0.05, 0.1) is 33.8 Å². The predicted octanol–water partition coefficient (Wildman–Crippen LogP) is 2.24. The molecule has 5 heterocycles. The monoisotopic (exact) mass is 513 g/mol. The number of carbonyl (C=O) groups excluding carboxylic acids is 2. The molecule has 0 aromatic carbocycles. The fourth-order valence-electron chi connectivity index (χ4n) is 4.07. The van der Waals surface area contributed by atoms with E-state index in [4.69, 9.17) is 16.3 Å². The molecular formula is C23H24ClN7O3S. The first-order valence-corrected chi connectivity index (χ1v) is 12.6.